The number of epoxide rings is 1. The molecule has 9 nitrogen and oxygen atoms in total. The van der Waals surface area contributed by atoms with Gasteiger partial charge in [0.25, 0.3) is 0 Å². The molecule has 0 spiro atoms. The summed E-state index contributed by atoms with van der Waals surface area (Å²) in [6.45, 7) is 33.4. The maximum absolute atomic E-state index is 12.3. The van der Waals surface area contributed by atoms with Gasteiger partial charge in [-0.3, -0.25) is 0 Å². The standard InChI is InChI=1S/C38H70O9Si2/c1-16-30(25-44-27-42-22-21-40-10)33(39)32(26-45-48(12,13)36(3,4)5)35(47-49(14,15)37(6,7)8)38(9)34(46-38)28(2)23-43-24-29-17-19-31(41-11)20-18-29/h16-20,28,30,32-35,39H,1,21-27H2,2-15H3/t28-,30-,32-,33+,34+,35-,38-/m0/s1. The van der Waals surface area contributed by atoms with Crippen LogP contribution in [0.1, 0.15) is 61.0 Å². The van der Waals surface area contributed by atoms with Crippen LogP contribution in [0, 0.1) is 17.8 Å². The number of aliphatic hydroxyl groups excluding tert-OH is 1. The van der Waals surface area contributed by atoms with E-state index in [1.54, 1.807) is 20.3 Å². The van der Waals surface area contributed by atoms with E-state index >= 15 is 0 Å². The highest BCUT2D eigenvalue weighted by Crippen LogP contribution is 2.51. The number of hydrogen-bond donors (Lipinski definition) is 1. The van der Waals surface area contributed by atoms with Crippen molar-refractivity contribution < 1.29 is 42.4 Å². The summed E-state index contributed by atoms with van der Waals surface area (Å²) in [5.74, 6) is 0.125. The van der Waals surface area contributed by atoms with Crippen LogP contribution in [0.25, 0.3) is 0 Å². The molecule has 1 aromatic rings. The molecule has 0 radical (unpaired) electrons. The molecular weight excluding hydrogens is 657 g/mol. The zero-order valence-corrected chi connectivity index (χ0v) is 35.2. The van der Waals surface area contributed by atoms with Gasteiger partial charge in [0.2, 0.25) is 0 Å². The number of methoxy groups -OCH3 is 2. The maximum Gasteiger partial charge on any atom is 0.192 e. The second kappa shape index (κ2) is 18.6. The average molecular weight is 727 g/mol. The van der Waals surface area contributed by atoms with Gasteiger partial charge in [-0.2, -0.15) is 0 Å². The van der Waals surface area contributed by atoms with E-state index in [0.29, 0.717) is 33.0 Å². The lowest BCUT2D eigenvalue weighted by Gasteiger charge is -2.46. The number of aliphatic hydroxyl groups is 1. The van der Waals surface area contributed by atoms with Gasteiger partial charge in [0.05, 0.1) is 58.5 Å². The van der Waals surface area contributed by atoms with Crippen molar-refractivity contribution in [2.24, 2.45) is 17.8 Å². The first-order chi connectivity index (χ1) is 22.6. The molecule has 11 heteroatoms. The van der Waals surface area contributed by atoms with Gasteiger partial charge < -0.3 is 42.4 Å². The van der Waals surface area contributed by atoms with Crippen LogP contribution in [0.2, 0.25) is 36.3 Å². The predicted octanol–water partition coefficient (Wildman–Crippen LogP) is 7.83. The van der Waals surface area contributed by atoms with E-state index < -0.39 is 40.4 Å². The molecule has 0 saturated carbocycles. The highest BCUT2D eigenvalue weighted by Gasteiger charge is 2.64. The molecule has 1 fully saturated rings. The Bertz CT molecular complexity index is 1120. The highest BCUT2D eigenvalue weighted by molar-refractivity contribution is 6.74. The van der Waals surface area contributed by atoms with Crippen LogP contribution < -0.4 is 4.74 Å². The molecule has 1 aliphatic heterocycles. The van der Waals surface area contributed by atoms with Crippen LogP contribution in [-0.4, -0.2) is 99.7 Å². The lowest BCUT2D eigenvalue weighted by molar-refractivity contribution is -0.0988. The number of benzene rings is 1. The molecule has 49 heavy (non-hydrogen) atoms. The Morgan fingerprint density at radius 3 is 2.04 bits per heavy atom. The molecule has 1 N–H and O–H groups in total. The molecule has 1 heterocycles. The van der Waals surface area contributed by atoms with Gasteiger partial charge >= 0.3 is 0 Å². The summed E-state index contributed by atoms with van der Waals surface area (Å²) in [4.78, 5) is 0. The van der Waals surface area contributed by atoms with Crippen molar-refractivity contribution >= 4 is 16.6 Å². The van der Waals surface area contributed by atoms with Gasteiger partial charge in [-0.15, -0.1) is 6.58 Å². The maximum atomic E-state index is 12.3. The molecule has 7 atom stereocenters. The van der Waals surface area contributed by atoms with Crippen molar-refractivity contribution in [1.82, 2.24) is 0 Å². The van der Waals surface area contributed by atoms with E-state index in [2.05, 4.69) is 88.2 Å². The van der Waals surface area contributed by atoms with E-state index in [9.17, 15) is 5.11 Å². The molecule has 2 rings (SSSR count). The predicted molar refractivity (Wildman–Crippen MR) is 202 cm³/mol. The number of hydrogen-bond acceptors (Lipinski definition) is 9. The quantitative estimate of drug-likeness (QED) is 0.0398. The van der Waals surface area contributed by atoms with Gasteiger partial charge in [0.1, 0.15) is 18.1 Å². The average Bonchev–Trinajstić information content (AvgIpc) is 3.71. The Labute approximate surface area is 300 Å². The molecule has 0 bridgehead atoms. The molecule has 0 unspecified atom stereocenters. The van der Waals surface area contributed by atoms with E-state index in [4.69, 9.17) is 37.3 Å². The SMILES string of the molecule is C=C[C@@H](COCOCCOC)[C@@H](O)[C@H](CO[Si](C)(C)C(C)(C)C)[C@H](O[Si](C)(C)C(C)(C)C)[C@@]1(C)O[C@@H]1[C@@H](C)COCc1ccc(OC)cc1. The Morgan fingerprint density at radius 1 is 0.898 bits per heavy atom. The second-order valence-electron chi connectivity index (χ2n) is 16.9. The van der Waals surface area contributed by atoms with Gasteiger partial charge in [0.15, 0.2) is 16.6 Å². The summed E-state index contributed by atoms with van der Waals surface area (Å²) in [6, 6.07) is 7.92. The first-order valence-electron chi connectivity index (χ1n) is 17.8. The Morgan fingerprint density at radius 2 is 1.51 bits per heavy atom. The van der Waals surface area contributed by atoms with Crippen LogP contribution in [0.15, 0.2) is 36.9 Å². The van der Waals surface area contributed by atoms with E-state index in [1.807, 2.05) is 24.3 Å². The minimum absolute atomic E-state index is 0.00294. The normalized spacial score (nSPS) is 21.9. The van der Waals surface area contributed by atoms with Crippen molar-refractivity contribution in [2.45, 2.75) is 122 Å². The molecule has 1 aromatic carbocycles. The Balaban J connectivity index is 2.39. The molecule has 1 aliphatic rings. The Kier molecular flexibility index (Phi) is 16.7. The zero-order chi connectivity index (χ0) is 37.3. The fraction of sp³-hybridized carbons (Fsp3) is 0.789. The van der Waals surface area contributed by atoms with Gasteiger partial charge in [-0.1, -0.05) is 66.7 Å². The van der Waals surface area contributed by atoms with Crippen molar-refractivity contribution in [3.05, 3.63) is 42.5 Å². The molecule has 1 saturated heterocycles. The van der Waals surface area contributed by atoms with Crippen molar-refractivity contribution in [3.8, 4) is 5.75 Å². The highest BCUT2D eigenvalue weighted by atomic mass is 28.4. The zero-order valence-electron chi connectivity index (χ0n) is 33.2. The molecular formula is C38H70O9Si2. The van der Waals surface area contributed by atoms with Crippen LogP contribution in [0.5, 0.6) is 5.75 Å². The summed E-state index contributed by atoms with van der Waals surface area (Å²) in [6.07, 6.45) is 0.349. The Hall–Kier alpha value is -1.13. The third-order valence-electron chi connectivity index (χ3n) is 10.9. The first-order valence-corrected chi connectivity index (χ1v) is 23.6. The molecule has 284 valence electrons. The lowest BCUT2D eigenvalue weighted by Crippen LogP contribution is -2.56. The van der Waals surface area contributed by atoms with Crippen LogP contribution in [0.4, 0.5) is 0 Å². The molecule has 0 amide bonds. The second-order valence-corrected chi connectivity index (χ2v) is 26.4. The fourth-order valence-corrected chi connectivity index (χ4v) is 7.84. The molecule has 0 aliphatic carbocycles. The van der Waals surface area contributed by atoms with Crippen LogP contribution >= 0.6 is 0 Å². The van der Waals surface area contributed by atoms with Crippen LogP contribution in [-0.2, 0) is 39.1 Å². The third kappa shape index (κ3) is 12.5. The van der Waals surface area contributed by atoms with Crippen LogP contribution in [0.3, 0.4) is 0 Å². The smallest absolute Gasteiger partial charge is 0.192 e. The summed E-state index contributed by atoms with van der Waals surface area (Å²) >= 11 is 0. The van der Waals surface area contributed by atoms with Crippen molar-refractivity contribution in [2.75, 3.05) is 54.0 Å². The topological polar surface area (TPSA) is 97.4 Å². The monoisotopic (exact) mass is 726 g/mol. The minimum atomic E-state index is -2.35. The summed E-state index contributed by atoms with van der Waals surface area (Å²) in [5, 5.41) is 12.2. The fourth-order valence-electron chi connectivity index (χ4n) is 5.40. The summed E-state index contributed by atoms with van der Waals surface area (Å²) in [5.41, 5.74) is 0.427. The largest absolute Gasteiger partial charge is 0.497 e. The van der Waals surface area contributed by atoms with E-state index in [1.165, 1.54) is 0 Å². The van der Waals surface area contributed by atoms with Crippen molar-refractivity contribution in [3.63, 3.8) is 0 Å². The molecule has 0 aromatic heterocycles. The number of rotatable bonds is 23. The third-order valence-corrected chi connectivity index (χ3v) is 19.9. The van der Waals surface area contributed by atoms with Gasteiger partial charge in [0, 0.05) is 31.5 Å². The van der Waals surface area contributed by atoms with Gasteiger partial charge in [-0.25, -0.2) is 0 Å². The first kappa shape index (κ1) is 44.0. The van der Waals surface area contributed by atoms with E-state index in [-0.39, 0.29) is 41.4 Å². The van der Waals surface area contributed by atoms with Gasteiger partial charge in [-0.05, 0) is 60.9 Å². The number of ether oxygens (including phenoxy) is 6. The summed E-state index contributed by atoms with van der Waals surface area (Å²) in [7, 11) is -1.25. The van der Waals surface area contributed by atoms with Crippen molar-refractivity contribution in [1.29, 1.82) is 0 Å². The van der Waals surface area contributed by atoms with E-state index in [0.717, 1.165) is 11.3 Å². The minimum Gasteiger partial charge on any atom is -0.497 e. The summed E-state index contributed by atoms with van der Waals surface area (Å²) < 4.78 is 48.8. The lowest BCUT2D eigenvalue weighted by atomic mass is 9.80.